The lowest BCUT2D eigenvalue weighted by molar-refractivity contribution is -0.111. The molecule has 0 aromatic rings. The molecule has 1 N–H and O–H groups in total. The molecule has 1 unspecified atom stereocenters. The molecule has 124 valence electrons. The Hall–Kier alpha value is -0.0800. The van der Waals surface area contributed by atoms with Gasteiger partial charge < -0.3 is 10.1 Å². The minimum Gasteiger partial charge on any atom is -0.374 e. The van der Waals surface area contributed by atoms with Gasteiger partial charge in [0.05, 0.1) is 5.60 Å². The van der Waals surface area contributed by atoms with Gasteiger partial charge in [-0.3, -0.25) is 0 Å². The first-order chi connectivity index (χ1) is 10.1. The smallest absolute Gasteiger partial charge is 0.0837 e. The van der Waals surface area contributed by atoms with Crippen LogP contribution in [0.15, 0.2) is 0 Å². The highest BCUT2D eigenvalue weighted by atomic mass is 16.5. The lowest BCUT2D eigenvalue weighted by atomic mass is 9.67. The van der Waals surface area contributed by atoms with Crippen LogP contribution in [0.5, 0.6) is 0 Å². The van der Waals surface area contributed by atoms with Gasteiger partial charge in [0.1, 0.15) is 0 Å². The summed E-state index contributed by atoms with van der Waals surface area (Å²) in [6.45, 7) is 7.78. The quantitative estimate of drug-likeness (QED) is 0.761. The van der Waals surface area contributed by atoms with Crippen molar-refractivity contribution in [1.82, 2.24) is 5.32 Å². The molecule has 0 radical (unpaired) electrons. The van der Waals surface area contributed by atoms with E-state index in [-0.39, 0.29) is 5.60 Å². The third-order valence-corrected chi connectivity index (χ3v) is 6.37. The topological polar surface area (TPSA) is 21.3 Å². The van der Waals surface area contributed by atoms with Crippen LogP contribution in [0.1, 0.15) is 78.6 Å². The minimum atomic E-state index is 0.111. The molecule has 2 fully saturated rings. The average molecular weight is 296 g/mol. The van der Waals surface area contributed by atoms with Crippen molar-refractivity contribution in [2.45, 2.75) is 90.2 Å². The van der Waals surface area contributed by atoms with Crippen LogP contribution in [0.3, 0.4) is 0 Å². The molecule has 1 atom stereocenters. The maximum absolute atomic E-state index is 6.42. The molecule has 0 aromatic carbocycles. The first-order valence-corrected chi connectivity index (χ1v) is 9.46. The van der Waals surface area contributed by atoms with Gasteiger partial charge in [0.2, 0.25) is 0 Å². The molecule has 2 saturated carbocycles. The highest BCUT2D eigenvalue weighted by Gasteiger charge is 2.45. The zero-order valence-electron chi connectivity index (χ0n) is 14.8. The SMILES string of the molecule is CCOC1(C(NC)C2CCC(CC)CC2)CCC(C)CC1. The van der Waals surface area contributed by atoms with Crippen molar-refractivity contribution in [2.75, 3.05) is 13.7 Å². The second-order valence-corrected chi connectivity index (χ2v) is 7.64. The second kappa shape index (κ2) is 7.97. The average Bonchev–Trinajstić information content (AvgIpc) is 2.52. The van der Waals surface area contributed by atoms with E-state index in [1.807, 2.05) is 0 Å². The highest BCUT2D eigenvalue weighted by molar-refractivity contribution is 5.00. The number of nitrogens with one attached hydrogen (secondary N) is 1. The van der Waals surface area contributed by atoms with Gasteiger partial charge in [-0.15, -0.1) is 0 Å². The fourth-order valence-electron chi connectivity index (χ4n) is 4.94. The summed E-state index contributed by atoms with van der Waals surface area (Å²) < 4.78 is 6.42. The Kier molecular flexibility index (Phi) is 6.55. The second-order valence-electron chi connectivity index (χ2n) is 7.64. The molecule has 0 saturated heterocycles. The minimum absolute atomic E-state index is 0.111. The van der Waals surface area contributed by atoms with Crippen LogP contribution < -0.4 is 5.32 Å². The van der Waals surface area contributed by atoms with Crippen molar-refractivity contribution in [2.24, 2.45) is 17.8 Å². The van der Waals surface area contributed by atoms with Crippen LogP contribution >= 0.6 is 0 Å². The van der Waals surface area contributed by atoms with Gasteiger partial charge in [0.25, 0.3) is 0 Å². The molecule has 0 amide bonds. The molecule has 0 aromatic heterocycles. The largest absolute Gasteiger partial charge is 0.374 e. The Bertz CT molecular complexity index is 288. The lowest BCUT2D eigenvalue weighted by Gasteiger charge is -2.49. The number of hydrogen-bond donors (Lipinski definition) is 1. The van der Waals surface area contributed by atoms with Crippen molar-refractivity contribution in [3.05, 3.63) is 0 Å². The third kappa shape index (κ3) is 4.01. The summed E-state index contributed by atoms with van der Waals surface area (Å²) in [7, 11) is 2.16. The zero-order valence-corrected chi connectivity index (χ0v) is 14.8. The first-order valence-electron chi connectivity index (χ1n) is 9.46. The van der Waals surface area contributed by atoms with E-state index in [1.54, 1.807) is 0 Å². The van der Waals surface area contributed by atoms with Gasteiger partial charge in [0.15, 0.2) is 0 Å². The normalized spacial score (nSPS) is 39.1. The predicted molar refractivity (Wildman–Crippen MR) is 90.6 cm³/mol. The zero-order chi connectivity index (χ0) is 15.3. The molecule has 0 bridgehead atoms. The number of rotatable bonds is 6. The summed E-state index contributed by atoms with van der Waals surface area (Å²) >= 11 is 0. The maximum atomic E-state index is 6.42. The summed E-state index contributed by atoms with van der Waals surface area (Å²) in [5.41, 5.74) is 0.111. The van der Waals surface area contributed by atoms with Crippen molar-refractivity contribution in [3.8, 4) is 0 Å². The highest BCUT2D eigenvalue weighted by Crippen LogP contribution is 2.43. The summed E-state index contributed by atoms with van der Waals surface area (Å²) in [5, 5.41) is 3.69. The van der Waals surface area contributed by atoms with Crippen LogP contribution in [-0.4, -0.2) is 25.3 Å². The Balaban J connectivity index is 2.05. The van der Waals surface area contributed by atoms with Crippen molar-refractivity contribution in [1.29, 1.82) is 0 Å². The molecule has 2 heteroatoms. The van der Waals surface area contributed by atoms with Gasteiger partial charge in [-0.1, -0.05) is 33.1 Å². The third-order valence-electron chi connectivity index (χ3n) is 6.37. The fourth-order valence-corrected chi connectivity index (χ4v) is 4.94. The van der Waals surface area contributed by atoms with Gasteiger partial charge in [-0.05, 0) is 70.3 Å². The van der Waals surface area contributed by atoms with Crippen LogP contribution in [0.4, 0.5) is 0 Å². The van der Waals surface area contributed by atoms with Crippen molar-refractivity contribution >= 4 is 0 Å². The lowest BCUT2D eigenvalue weighted by Crippen LogP contribution is -2.57. The van der Waals surface area contributed by atoms with Crippen molar-refractivity contribution in [3.63, 3.8) is 0 Å². The summed E-state index contributed by atoms with van der Waals surface area (Å²) in [4.78, 5) is 0. The van der Waals surface area contributed by atoms with Gasteiger partial charge >= 0.3 is 0 Å². The van der Waals surface area contributed by atoms with E-state index in [1.165, 1.54) is 57.8 Å². The predicted octanol–water partition coefficient (Wildman–Crippen LogP) is 4.78. The molecular formula is C19H37NO. The molecule has 2 aliphatic rings. The van der Waals surface area contributed by atoms with E-state index >= 15 is 0 Å². The molecule has 2 nitrogen and oxygen atoms in total. The monoisotopic (exact) mass is 295 g/mol. The summed E-state index contributed by atoms with van der Waals surface area (Å²) in [5.74, 6) is 2.68. The van der Waals surface area contributed by atoms with E-state index in [0.717, 1.165) is 24.4 Å². The van der Waals surface area contributed by atoms with Crippen LogP contribution in [0.2, 0.25) is 0 Å². The molecule has 0 spiro atoms. The van der Waals surface area contributed by atoms with Crippen LogP contribution in [-0.2, 0) is 4.74 Å². The van der Waals surface area contributed by atoms with E-state index in [0.29, 0.717) is 6.04 Å². The maximum Gasteiger partial charge on any atom is 0.0837 e. The Morgan fingerprint density at radius 1 is 1.05 bits per heavy atom. The first kappa shape index (κ1) is 17.3. The van der Waals surface area contributed by atoms with Crippen LogP contribution in [0.25, 0.3) is 0 Å². The van der Waals surface area contributed by atoms with Crippen LogP contribution in [0, 0.1) is 17.8 Å². The summed E-state index contributed by atoms with van der Waals surface area (Å²) in [6.07, 6.45) is 12.2. The Labute approximate surface area is 132 Å². The Morgan fingerprint density at radius 2 is 1.67 bits per heavy atom. The number of ether oxygens (including phenoxy) is 1. The van der Waals surface area contributed by atoms with E-state index in [9.17, 15) is 0 Å². The van der Waals surface area contributed by atoms with Gasteiger partial charge in [-0.25, -0.2) is 0 Å². The van der Waals surface area contributed by atoms with E-state index in [4.69, 9.17) is 4.74 Å². The molecular weight excluding hydrogens is 258 g/mol. The van der Waals surface area contributed by atoms with Gasteiger partial charge in [-0.2, -0.15) is 0 Å². The van der Waals surface area contributed by atoms with Gasteiger partial charge in [0, 0.05) is 12.6 Å². The molecule has 2 aliphatic carbocycles. The molecule has 0 heterocycles. The standard InChI is InChI=1S/C19H37NO/c1-5-16-7-9-17(10-8-16)18(20-4)19(21-6-2)13-11-15(3)12-14-19/h15-18,20H,5-14H2,1-4H3. The summed E-state index contributed by atoms with van der Waals surface area (Å²) in [6, 6.07) is 0.558. The van der Waals surface area contributed by atoms with Crippen molar-refractivity contribution < 1.29 is 4.74 Å². The Morgan fingerprint density at radius 3 is 2.14 bits per heavy atom. The molecule has 21 heavy (non-hydrogen) atoms. The number of likely N-dealkylation sites (N-methyl/N-ethyl adjacent to an activating group) is 1. The fraction of sp³-hybridized carbons (Fsp3) is 1.00. The number of hydrogen-bond acceptors (Lipinski definition) is 2. The molecule has 2 rings (SSSR count). The van der Waals surface area contributed by atoms with E-state index < -0.39 is 0 Å². The van der Waals surface area contributed by atoms with E-state index in [2.05, 4.69) is 33.1 Å². The molecule has 0 aliphatic heterocycles.